The van der Waals surface area contributed by atoms with Gasteiger partial charge in [0.15, 0.2) is 0 Å². The number of carbonyl (C=O) groups excluding carboxylic acids is 1. The highest BCUT2D eigenvalue weighted by Crippen LogP contribution is 2.32. The molecule has 0 N–H and O–H groups in total. The molecule has 0 aliphatic heterocycles. The fourth-order valence-corrected chi connectivity index (χ4v) is 5.62. The average molecular weight is 496 g/mol. The minimum absolute atomic E-state index is 0.119. The van der Waals surface area contributed by atoms with Gasteiger partial charge in [0.2, 0.25) is 0 Å². The van der Waals surface area contributed by atoms with Crippen molar-refractivity contribution in [1.82, 2.24) is 8.87 Å². The van der Waals surface area contributed by atoms with Crippen molar-refractivity contribution in [2.24, 2.45) is 0 Å². The molecular weight excluding hydrogens is 475 g/mol. The topological polar surface area (TPSA) is 59.4 Å². The molecule has 0 bridgehead atoms. The number of fused-ring (bicyclic) bond motifs is 1. The molecule has 1 heterocycles. The van der Waals surface area contributed by atoms with E-state index in [0.29, 0.717) is 30.7 Å². The number of rotatable bonds is 7. The number of hydrogen-bond acceptors (Lipinski definition) is 4. The second-order valence-electron chi connectivity index (χ2n) is 6.55. The molecule has 5 nitrogen and oxygen atoms in total. The molecule has 27 heavy (non-hydrogen) atoms. The molecule has 0 radical (unpaired) electrons. The average Bonchev–Trinajstić information content (AvgIpc) is 2.93. The van der Waals surface area contributed by atoms with Crippen LogP contribution >= 0.6 is 22.6 Å². The highest BCUT2D eigenvalue weighted by atomic mass is 127. The Morgan fingerprint density at radius 1 is 1.07 bits per heavy atom. The quantitative estimate of drug-likeness (QED) is 0.466. The van der Waals surface area contributed by atoms with Gasteiger partial charge in [0.05, 0.1) is 16.1 Å². The molecule has 0 saturated carbocycles. The number of hydrogen-bond donors (Lipinski definition) is 0. The van der Waals surface area contributed by atoms with Gasteiger partial charge in [-0.2, -0.15) is 0 Å². The molecule has 1 aromatic heterocycles. The van der Waals surface area contributed by atoms with Crippen LogP contribution in [0.1, 0.15) is 19.0 Å². The van der Waals surface area contributed by atoms with Gasteiger partial charge in [0, 0.05) is 28.5 Å². The maximum atomic E-state index is 13.4. The molecule has 0 spiro atoms. The van der Waals surface area contributed by atoms with Crippen molar-refractivity contribution < 1.29 is 13.2 Å². The summed E-state index contributed by atoms with van der Waals surface area (Å²) in [4.78, 5) is 13.5. The van der Waals surface area contributed by atoms with Gasteiger partial charge in [-0.1, -0.05) is 36.4 Å². The number of benzene rings is 2. The Hall–Kier alpha value is -1.71. The van der Waals surface area contributed by atoms with E-state index in [2.05, 4.69) is 22.6 Å². The number of halogens is 1. The summed E-state index contributed by atoms with van der Waals surface area (Å²) >= 11 is 2.22. The van der Waals surface area contributed by atoms with Crippen molar-refractivity contribution in [3.8, 4) is 0 Å². The first-order valence-electron chi connectivity index (χ1n) is 8.59. The fraction of sp³-hybridized carbons (Fsp3) is 0.250. The minimum atomic E-state index is -3.73. The standard InChI is InChI=1S/C20H21IN2O3S/c1-15(24)12-13-22(2)14-19-20(21)17-10-6-7-11-18(17)23(19)27(25,26)16-8-4-3-5-9-16/h3-11H,12-14H2,1-2H3. The number of Topliss-reactive ketones (excluding diaryl/α,β-unsaturated/α-hetero) is 1. The van der Waals surface area contributed by atoms with Crippen LogP contribution in [0.3, 0.4) is 0 Å². The van der Waals surface area contributed by atoms with Crippen LogP contribution in [-0.2, 0) is 21.4 Å². The second kappa shape index (κ2) is 8.12. The summed E-state index contributed by atoms with van der Waals surface area (Å²) in [6.45, 7) is 2.58. The summed E-state index contributed by atoms with van der Waals surface area (Å²) in [5, 5.41) is 0.910. The summed E-state index contributed by atoms with van der Waals surface area (Å²) in [6, 6.07) is 16.0. The van der Waals surface area contributed by atoms with Crippen LogP contribution in [0.2, 0.25) is 0 Å². The smallest absolute Gasteiger partial charge is 0.268 e. The van der Waals surface area contributed by atoms with Crippen molar-refractivity contribution >= 4 is 49.3 Å². The van der Waals surface area contributed by atoms with Crippen molar-refractivity contribution in [2.45, 2.75) is 24.8 Å². The van der Waals surface area contributed by atoms with Crippen LogP contribution < -0.4 is 0 Å². The first kappa shape index (κ1) is 20.0. The van der Waals surface area contributed by atoms with Crippen LogP contribution in [0.25, 0.3) is 10.9 Å². The third-order valence-electron chi connectivity index (χ3n) is 4.40. The van der Waals surface area contributed by atoms with Crippen LogP contribution in [0.5, 0.6) is 0 Å². The highest BCUT2D eigenvalue weighted by molar-refractivity contribution is 14.1. The summed E-state index contributed by atoms with van der Waals surface area (Å²) in [7, 11) is -1.84. The maximum absolute atomic E-state index is 13.4. The zero-order valence-corrected chi connectivity index (χ0v) is 18.2. The van der Waals surface area contributed by atoms with Crippen molar-refractivity contribution in [3.63, 3.8) is 0 Å². The summed E-state index contributed by atoms with van der Waals surface area (Å²) in [6.07, 6.45) is 0.443. The lowest BCUT2D eigenvalue weighted by Gasteiger charge is -2.18. The monoisotopic (exact) mass is 496 g/mol. The zero-order valence-electron chi connectivity index (χ0n) is 15.2. The van der Waals surface area contributed by atoms with E-state index < -0.39 is 10.0 Å². The Balaban J connectivity index is 2.15. The number of ketones is 1. The molecule has 3 rings (SSSR count). The molecule has 0 aliphatic rings. The van der Waals surface area contributed by atoms with Crippen LogP contribution in [-0.4, -0.2) is 36.7 Å². The maximum Gasteiger partial charge on any atom is 0.268 e. The molecule has 0 fully saturated rings. The van der Waals surface area contributed by atoms with Crippen LogP contribution in [0.4, 0.5) is 0 Å². The second-order valence-corrected chi connectivity index (χ2v) is 9.42. The molecule has 0 aliphatic carbocycles. The van der Waals surface area contributed by atoms with E-state index in [1.165, 1.54) is 3.97 Å². The molecule has 0 unspecified atom stereocenters. The van der Waals surface area contributed by atoms with Crippen molar-refractivity contribution in [1.29, 1.82) is 0 Å². The van der Waals surface area contributed by atoms with Gasteiger partial charge in [-0.25, -0.2) is 12.4 Å². The van der Waals surface area contributed by atoms with Crippen molar-refractivity contribution in [2.75, 3.05) is 13.6 Å². The van der Waals surface area contributed by atoms with Gasteiger partial charge in [0.1, 0.15) is 5.78 Å². The number of nitrogens with zero attached hydrogens (tertiary/aromatic N) is 2. The summed E-state index contributed by atoms with van der Waals surface area (Å²) in [5.41, 5.74) is 1.38. The van der Waals surface area contributed by atoms with E-state index in [9.17, 15) is 13.2 Å². The van der Waals surface area contributed by atoms with E-state index in [1.54, 1.807) is 37.3 Å². The molecule has 0 atom stereocenters. The van der Waals surface area contributed by atoms with E-state index >= 15 is 0 Å². The van der Waals surface area contributed by atoms with Gasteiger partial charge >= 0.3 is 0 Å². The zero-order chi connectivity index (χ0) is 19.6. The lowest BCUT2D eigenvalue weighted by atomic mass is 10.2. The van der Waals surface area contributed by atoms with Gasteiger partial charge in [-0.05, 0) is 54.8 Å². The predicted octanol–water partition coefficient (Wildman–Crippen LogP) is 3.89. The van der Waals surface area contributed by atoms with Crippen molar-refractivity contribution in [3.05, 3.63) is 63.9 Å². The minimum Gasteiger partial charge on any atom is -0.300 e. The summed E-state index contributed by atoms with van der Waals surface area (Å²) < 4.78 is 29.2. The molecule has 3 aromatic rings. The number of aromatic nitrogens is 1. The predicted molar refractivity (Wildman–Crippen MR) is 115 cm³/mol. The summed E-state index contributed by atoms with van der Waals surface area (Å²) in [5.74, 6) is 0.119. The Labute approximate surface area is 173 Å². The first-order valence-corrected chi connectivity index (χ1v) is 11.1. The van der Waals surface area contributed by atoms with E-state index in [1.807, 2.05) is 36.2 Å². The Morgan fingerprint density at radius 2 is 1.70 bits per heavy atom. The SMILES string of the molecule is CC(=O)CCN(C)Cc1c(I)c2ccccc2n1S(=O)(=O)c1ccccc1. The molecule has 2 aromatic carbocycles. The Morgan fingerprint density at radius 3 is 2.37 bits per heavy atom. The number of para-hydroxylation sites is 1. The van der Waals surface area contributed by atoms with Crippen LogP contribution in [0.15, 0.2) is 59.5 Å². The molecule has 142 valence electrons. The van der Waals surface area contributed by atoms with E-state index in [0.717, 1.165) is 8.96 Å². The van der Waals surface area contributed by atoms with E-state index in [4.69, 9.17) is 0 Å². The molecule has 7 heteroatoms. The van der Waals surface area contributed by atoms with E-state index in [-0.39, 0.29) is 10.7 Å². The van der Waals surface area contributed by atoms with Gasteiger partial charge < -0.3 is 4.90 Å². The normalized spacial score (nSPS) is 12.0. The van der Waals surface area contributed by atoms with Gasteiger partial charge in [0.25, 0.3) is 10.0 Å². The third kappa shape index (κ3) is 4.09. The number of carbonyl (C=O) groups is 1. The molecule has 0 saturated heterocycles. The fourth-order valence-electron chi connectivity index (χ4n) is 3.02. The third-order valence-corrected chi connectivity index (χ3v) is 7.37. The lowest BCUT2D eigenvalue weighted by Crippen LogP contribution is -2.25. The van der Waals surface area contributed by atoms with Gasteiger partial charge in [-0.15, -0.1) is 0 Å². The Kier molecular flexibility index (Phi) is 6.02. The lowest BCUT2D eigenvalue weighted by molar-refractivity contribution is -0.117. The Bertz CT molecular complexity index is 1080. The molecule has 0 amide bonds. The highest BCUT2D eigenvalue weighted by Gasteiger charge is 2.26. The first-order chi connectivity index (χ1) is 12.8. The molecular formula is C20H21IN2O3S. The van der Waals surface area contributed by atoms with Crippen LogP contribution in [0, 0.1) is 3.57 Å². The largest absolute Gasteiger partial charge is 0.300 e. The van der Waals surface area contributed by atoms with Gasteiger partial charge in [-0.3, -0.25) is 4.79 Å².